The van der Waals surface area contributed by atoms with Crippen molar-refractivity contribution in [2.75, 3.05) is 0 Å². The van der Waals surface area contributed by atoms with E-state index in [1.807, 2.05) is 51.7 Å². The van der Waals surface area contributed by atoms with E-state index in [0.29, 0.717) is 18.5 Å². The topological polar surface area (TPSA) is 96.0 Å². The summed E-state index contributed by atoms with van der Waals surface area (Å²) in [4.78, 5) is 52.8. The van der Waals surface area contributed by atoms with Crippen LogP contribution in [-0.4, -0.2) is 57.3 Å². The van der Waals surface area contributed by atoms with Crippen LogP contribution < -0.4 is 5.32 Å². The number of carbonyl (C=O) groups is 4. The molecular weight excluding hydrogens is 422 g/mol. The van der Waals surface area contributed by atoms with Crippen LogP contribution in [0.5, 0.6) is 0 Å². The lowest BCUT2D eigenvalue weighted by Gasteiger charge is -2.43. The average molecular weight is 456 g/mol. The molecule has 3 aliphatic rings. The third-order valence-electron chi connectivity index (χ3n) is 6.82. The molecule has 8 heteroatoms. The van der Waals surface area contributed by atoms with Crippen LogP contribution in [0.1, 0.15) is 87.7 Å². The van der Waals surface area contributed by atoms with Crippen molar-refractivity contribution in [3.05, 3.63) is 34.9 Å². The molecule has 3 atom stereocenters. The lowest BCUT2D eigenvalue weighted by molar-refractivity contribution is -0.136. The number of imide groups is 1. The zero-order chi connectivity index (χ0) is 24.1. The van der Waals surface area contributed by atoms with Gasteiger partial charge in [0.1, 0.15) is 11.6 Å². The van der Waals surface area contributed by atoms with Gasteiger partial charge in [0.2, 0.25) is 11.8 Å². The van der Waals surface area contributed by atoms with Gasteiger partial charge in [-0.3, -0.25) is 19.7 Å². The van der Waals surface area contributed by atoms with Gasteiger partial charge in [-0.05, 0) is 77.0 Å². The molecule has 0 aliphatic carbocycles. The summed E-state index contributed by atoms with van der Waals surface area (Å²) >= 11 is 0. The molecule has 8 nitrogen and oxygen atoms in total. The van der Waals surface area contributed by atoms with Gasteiger partial charge in [-0.2, -0.15) is 0 Å². The summed E-state index contributed by atoms with van der Waals surface area (Å²) in [5.41, 5.74) is 2.15. The Hall–Kier alpha value is -2.90. The second-order valence-electron chi connectivity index (χ2n) is 10.6. The molecule has 3 heterocycles. The molecule has 1 N–H and O–H groups in total. The fourth-order valence-electron chi connectivity index (χ4n) is 5.38. The van der Waals surface area contributed by atoms with Crippen molar-refractivity contribution in [2.24, 2.45) is 0 Å². The molecule has 0 bridgehead atoms. The molecule has 0 saturated carbocycles. The molecule has 178 valence electrons. The first-order chi connectivity index (χ1) is 15.4. The summed E-state index contributed by atoms with van der Waals surface area (Å²) < 4.78 is 5.61. The van der Waals surface area contributed by atoms with Crippen LogP contribution in [0.2, 0.25) is 0 Å². The van der Waals surface area contributed by atoms with E-state index in [2.05, 4.69) is 11.4 Å². The second-order valence-corrected chi connectivity index (χ2v) is 10.6. The number of likely N-dealkylation sites (tertiary alicyclic amines) is 1. The normalized spacial score (nSPS) is 28.0. The highest BCUT2D eigenvalue weighted by Crippen LogP contribution is 2.38. The SMILES string of the molecule is CC1CC(c2ccc3c(c2)CN(C2CCC(=O)NC2=O)C3=O)CC(C)N1C(=O)OC(C)(C)C. The van der Waals surface area contributed by atoms with Gasteiger partial charge < -0.3 is 14.5 Å². The standard InChI is InChI=1S/C25H33N3O5/c1-14-10-17(11-15(2)28(14)24(32)33-25(3,4)5)16-6-7-19-18(12-16)13-27(23(19)31)20-8-9-21(29)26-22(20)30/h6-7,12,14-15,17,20H,8-11,13H2,1-5H3,(H,26,29,30). The molecule has 4 rings (SSSR count). The number of benzene rings is 1. The second kappa shape index (κ2) is 8.47. The number of amides is 4. The van der Waals surface area contributed by atoms with E-state index in [0.717, 1.165) is 24.0 Å². The van der Waals surface area contributed by atoms with E-state index in [-0.39, 0.29) is 42.3 Å². The van der Waals surface area contributed by atoms with Gasteiger partial charge in [0, 0.05) is 30.6 Å². The summed E-state index contributed by atoms with van der Waals surface area (Å²) in [6, 6.07) is 5.38. The summed E-state index contributed by atoms with van der Waals surface area (Å²) in [5, 5.41) is 2.34. The largest absolute Gasteiger partial charge is 0.444 e. The van der Waals surface area contributed by atoms with Crippen LogP contribution in [0.25, 0.3) is 0 Å². The van der Waals surface area contributed by atoms with Crippen LogP contribution in [-0.2, 0) is 20.9 Å². The Morgan fingerprint density at radius 2 is 1.76 bits per heavy atom. The first kappa shape index (κ1) is 23.3. The number of ether oxygens (including phenoxy) is 1. The Labute approximate surface area is 194 Å². The van der Waals surface area contributed by atoms with E-state index in [1.165, 1.54) is 0 Å². The van der Waals surface area contributed by atoms with Crippen LogP contribution in [0.3, 0.4) is 0 Å². The quantitative estimate of drug-likeness (QED) is 0.690. The first-order valence-electron chi connectivity index (χ1n) is 11.7. The molecule has 0 spiro atoms. The van der Waals surface area contributed by atoms with Crippen molar-refractivity contribution in [2.45, 2.75) is 96.5 Å². The third-order valence-corrected chi connectivity index (χ3v) is 6.82. The summed E-state index contributed by atoms with van der Waals surface area (Å²) in [5.74, 6) is -0.584. The fourth-order valence-corrected chi connectivity index (χ4v) is 5.38. The maximum Gasteiger partial charge on any atom is 0.410 e. The lowest BCUT2D eigenvalue weighted by Crippen LogP contribution is -2.52. The Balaban J connectivity index is 1.48. The maximum absolute atomic E-state index is 12.9. The predicted molar refractivity (Wildman–Crippen MR) is 121 cm³/mol. The van der Waals surface area contributed by atoms with E-state index in [9.17, 15) is 19.2 Å². The summed E-state index contributed by atoms with van der Waals surface area (Å²) in [6.45, 7) is 10.1. The Morgan fingerprint density at radius 3 is 2.36 bits per heavy atom. The predicted octanol–water partition coefficient (Wildman–Crippen LogP) is 3.34. The summed E-state index contributed by atoms with van der Waals surface area (Å²) in [6.07, 6.45) is 1.95. The maximum atomic E-state index is 12.9. The van der Waals surface area contributed by atoms with Crippen molar-refractivity contribution in [3.63, 3.8) is 0 Å². The number of rotatable bonds is 2. The number of piperidine rings is 2. The zero-order valence-electron chi connectivity index (χ0n) is 20.0. The van der Waals surface area contributed by atoms with Gasteiger partial charge in [-0.25, -0.2) is 4.79 Å². The van der Waals surface area contributed by atoms with Crippen LogP contribution >= 0.6 is 0 Å². The van der Waals surface area contributed by atoms with E-state index < -0.39 is 17.6 Å². The molecule has 1 aromatic carbocycles. The smallest absolute Gasteiger partial charge is 0.410 e. The molecule has 2 saturated heterocycles. The van der Waals surface area contributed by atoms with E-state index in [1.54, 1.807) is 4.90 Å². The minimum absolute atomic E-state index is 0.0310. The number of hydrogen-bond acceptors (Lipinski definition) is 5. The Bertz CT molecular complexity index is 986. The van der Waals surface area contributed by atoms with Crippen molar-refractivity contribution < 1.29 is 23.9 Å². The first-order valence-corrected chi connectivity index (χ1v) is 11.7. The Kier molecular flexibility index (Phi) is 5.97. The minimum atomic E-state index is -0.608. The number of nitrogens with zero attached hydrogens (tertiary/aromatic N) is 2. The molecule has 0 aromatic heterocycles. The van der Waals surface area contributed by atoms with Crippen LogP contribution in [0, 0.1) is 0 Å². The molecule has 33 heavy (non-hydrogen) atoms. The zero-order valence-corrected chi connectivity index (χ0v) is 20.0. The third kappa shape index (κ3) is 4.61. The molecule has 3 unspecified atom stereocenters. The molecular formula is C25H33N3O5. The van der Waals surface area contributed by atoms with Crippen molar-refractivity contribution >= 4 is 23.8 Å². The minimum Gasteiger partial charge on any atom is -0.444 e. The van der Waals surface area contributed by atoms with Crippen LogP contribution in [0.15, 0.2) is 18.2 Å². The van der Waals surface area contributed by atoms with Gasteiger partial charge in [-0.1, -0.05) is 12.1 Å². The Morgan fingerprint density at radius 1 is 1.09 bits per heavy atom. The number of fused-ring (bicyclic) bond motifs is 1. The number of hydrogen-bond donors (Lipinski definition) is 1. The van der Waals surface area contributed by atoms with Gasteiger partial charge >= 0.3 is 6.09 Å². The fraction of sp³-hybridized carbons (Fsp3) is 0.600. The van der Waals surface area contributed by atoms with E-state index in [4.69, 9.17) is 4.74 Å². The van der Waals surface area contributed by atoms with Gasteiger partial charge in [-0.15, -0.1) is 0 Å². The highest BCUT2D eigenvalue weighted by atomic mass is 16.6. The van der Waals surface area contributed by atoms with Crippen molar-refractivity contribution in [1.29, 1.82) is 0 Å². The molecule has 3 aliphatic heterocycles. The van der Waals surface area contributed by atoms with Gasteiger partial charge in [0.05, 0.1) is 0 Å². The molecule has 1 aromatic rings. The van der Waals surface area contributed by atoms with Gasteiger partial charge in [0.25, 0.3) is 5.91 Å². The monoisotopic (exact) mass is 455 g/mol. The highest BCUT2D eigenvalue weighted by molar-refractivity contribution is 6.05. The van der Waals surface area contributed by atoms with Crippen LogP contribution in [0.4, 0.5) is 4.79 Å². The molecule has 4 amide bonds. The average Bonchev–Trinajstić information content (AvgIpc) is 3.02. The number of nitrogens with one attached hydrogen (secondary N) is 1. The van der Waals surface area contributed by atoms with Crippen molar-refractivity contribution in [3.8, 4) is 0 Å². The van der Waals surface area contributed by atoms with Gasteiger partial charge in [0.15, 0.2) is 0 Å². The molecule has 2 fully saturated rings. The molecule has 0 radical (unpaired) electrons. The number of carbonyl (C=O) groups excluding carboxylic acids is 4. The lowest BCUT2D eigenvalue weighted by atomic mass is 9.82. The van der Waals surface area contributed by atoms with Crippen molar-refractivity contribution in [1.82, 2.24) is 15.1 Å². The van der Waals surface area contributed by atoms with E-state index >= 15 is 0 Å². The summed E-state index contributed by atoms with van der Waals surface area (Å²) in [7, 11) is 0. The highest BCUT2D eigenvalue weighted by Gasteiger charge is 2.40.